The highest BCUT2D eigenvalue weighted by Gasteiger charge is 2.21. The number of para-hydroxylation sites is 2. The SMILES string of the molecule is CNC(=O)CNC(=O)CN1CCN(c2ccccc2OC)CC1. The Labute approximate surface area is 136 Å². The summed E-state index contributed by atoms with van der Waals surface area (Å²) in [5.41, 5.74) is 1.08. The predicted molar refractivity (Wildman–Crippen MR) is 88.7 cm³/mol. The van der Waals surface area contributed by atoms with Gasteiger partial charge in [0.25, 0.3) is 0 Å². The zero-order valence-corrected chi connectivity index (χ0v) is 13.7. The Morgan fingerprint density at radius 2 is 1.83 bits per heavy atom. The van der Waals surface area contributed by atoms with Crippen LogP contribution >= 0.6 is 0 Å². The summed E-state index contributed by atoms with van der Waals surface area (Å²) in [4.78, 5) is 27.3. The number of likely N-dealkylation sites (N-methyl/N-ethyl adjacent to an activating group) is 1. The Balaban J connectivity index is 1.80. The Hall–Kier alpha value is -2.28. The van der Waals surface area contributed by atoms with Crippen molar-refractivity contribution < 1.29 is 14.3 Å². The van der Waals surface area contributed by atoms with Crippen molar-refractivity contribution in [1.29, 1.82) is 0 Å². The first-order chi connectivity index (χ1) is 11.1. The number of nitrogens with zero attached hydrogens (tertiary/aromatic N) is 2. The molecule has 7 nitrogen and oxygen atoms in total. The van der Waals surface area contributed by atoms with E-state index in [9.17, 15) is 9.59 Å². The van der Waals surface area contributed by atoms with Gasteiger partial charge in [0.1, 0.15) is 5.75 Å². The van der Waals surface area contributed by atoms with Crippen LogP contribution < -0.4 is 20.3 Å². The van der Waals surface area contributed by atoms with E-state index in [1.807, 2.05) is 24.3 Å². The van der Waals surface area contributed by atoms with Crippen LogP contribution in [-0.2, 0) is 9.59 Å². The molecule has 0 aromatic heterocycles. The second kappa shape index (κ2) is 8.38. The molecule has 7 heteroatoms. The van der Waals surface area contributed by atoms with Crippen molar-refractivity contribution in [1.82, 2.24) is 15.5 Å². The largest absolute Gasteiger partial charge is 0.495 e. The molecule has 2 rings (SSSR count). The minimum Gasteiger partial charge on any atom is -0.495 e. The average molecular weight is 320 g/mol. The van der Waals surface area contributed by atoms with Crippen molar-refractivity contribution >= 4 is 17.5 Å². The summed E-state index contributed by atoms with van der Waals surface area (Å²) in [6.07, 6.45) is 0. The van der Waals surface area contributed by atoms with Gasteiger partial charge in [-0.1, -0.05) is 12.1 Å². The van der Waals surface area contributed by atoms with Gasteiger partial charge in [-0.25, -0.2) is 0 Å². The van der Waals surface area contributed by atoms with Crippen LogP contribution in [0.1, 0.15) is 0 Å². The third-order valence-electron chi connectivity index (χ3n) is 3.89. The van der Waals surface area contributed by atoms with Gasteiger partial charge < -0.3 is 20.3 Å². The van der Waals surface area contributed by atoms with Gasteiger partial charge >= 0.3 is 0 Å². The summed E-state index contributed by atoms with van der Waals surface area (Å²) in [5, 5.41) is 5.09. The number of ether oxygens (including phenoxy) is 1. The number of piperazine rings is 1. The van der Waals surface area contributed by atoms with Crippen LogP contribution in [-0.4, -0.2) is 70.1 Å². The molecule has 1 aliphatic heterocycles. The number of hydrogen-bond donors (Lipinski definition) is 2. The summed E-state index contributed by atoms with van der Waals surface area (Å²) >= 11 is 0. The van der Waals surface area contributed by atoms with Gasteiger partial charge in [0.2, 0.25) is 11.8 Å². The van der Waals surface area contributed by atoms with Crippen LogP contribution in [0.2, 0.25) is 0 Å². The second-order valence-electron chi connectivity index (χ2n) is 5.38. The Morgan fingerprint density at radius 3 is 2.48 bits per heavy atom. The topological polar surface area (TPSA) is 73.9 Å². The van der Waals surface area contributed by atoms with Crippen molar-refractivity contribution in [2.24, 2.45) is 0 Å². The number of nitrogens with one attached hydrogen (secondary N) is 2. The van der Waals surface area contributed by atoms with Crippen molar-refractivity contribution in [2.75, 3.05) is 58.3 Å². The number of anilines is 1. The first-order valence-electron chi connectivity index (χ1n) is 7.71. The molecule has 2 amide bonds. The van der Waals surface area contributed by atoms with Crippen LogP contribution in [0.4, 0.5) is 5.69 Å². The van der Waals surface area contributed by atoms with Gasteiger partial charge in [-0.2, -0.15) is 0 Å². The van der Waals surface area contributed by atoms with E-state index in [2.05, 4.69) is 20.4 Å². The van der Waals surface area contributed by atoms with E-state index in [4.69, 9.17) is 4.74 Å². The molecular weight excluding hydrogens is 296 g/mol. The lowest BCUT2D eigenvalue weighted by Crippen LogP contribution is -2.50. The molecule has 0 atom stereocenters. The highest BCUT2D eigenvalue weighted by Crippen LogP contribution is 2.28. The predicted octanol–water partition coefficient (Wildman–Crippen LogP) is -0.321. The maximum absolute atomic E-state index is 11.8. The highest BCUT2D eigenvalue weighted by molar-refractivity contribution is 5.85. The van der Waals surface area contributed by atoms with Gasteiger partial charge in [-0.15, -0.1) is 0 Å². The fourth-order valence-electron chi connectivity index (χ4n) is 2.56. The van der Waals surface area contributed by atoms with Crippen molar-refractivity contribution in [3.05, 3.63) is 24.3 Å². The number of rotatable bonds is 6. The molecule has 0 aliphatic carbocycles. The fourth-order valence-corrected chi connectivity index (χ4v) is 2.56. The highest BCUT2D eigenvalue weighted by atomic mass is 16.5. The Kier molecular flexibility index (Phi) is 6.22. The molecule has 1 aliphatic rings. The lowest BCUT2D eigenvalue weighted by atomic mass is 10.2. The van der Waals surface area contributed by atoms with Gasteiger partial charge in [0, 0.05) is 33.2 Å². The third-order valence-corrected chi connectivity index (χ3v) is 3.89. The number of benzene rings is 1. The summed E-state index contributed by atoms with van der Waals surface area (Å²) in [7, 11) is 3.22. The third kappa shape index (κ3) is 4.85. The lowest BCUT2D eigenvalue weighted by Gasteiger charge is -2.36. The number of methoxy groups -OCH3 is 1. The molecular formula is C16H24N4O3. The van der Waals surface area contributed by atoms with Crippen molar-refractivity contribution in [3.63, 3.8) is 0 Å². The molecule has 1 aromatic rings. The number of carbonyl (C=O) groups excluding carboxylic acids is 2. The average Bonchev–Trinajstić information content (AvgIpc) is 2.60. The molecule has 23 heavy (non-hydrogen) atoms. The number of amides is 2. The molecule has 0 unspecified atom stereocenters. The molecule has 1 saturated heterocycles. The van der Waals surface area contributed by atoms with Crippen LogP contribution in [0.5, 0.6) is 5.75 Å². The van der Waals surface area contributed by atoms with Crippen LogP contribution in [0.25, 0.3) is 0 Å². The first kappa shape index (κ1) is 17.1. The monoisotopic (exact) mass is 320 g/mol. The smallest absolute Gasteiger partial charge is 0.239 e. The second-order valence-corrected chi connectivity index (χ2v) is 5.38. The Morgan fingerprint density at radius 1 is 1.13 bits per heavy atom. The van der Waals surface area contributed by atoms with Crippen molar-refractivity contribution in [2.45, 2.75) is 0 Å². The van der Waals surface area contributed by atoms with E-state index < -0.39 is 0 Å². The molecule has 1 fully saturated rings. The number of hydrogen-bond acceptors (Lipinski definition) is 5. The molecule has 1 heterocycles. The normalized spacial score (nSPS) is 15.1. The minimum atomic E-state index is -0.195. The van der Waals surface area contributed by atoms with E-state index >= 15 is 0 Å². The molecule has 0 spiro atoms. The van der Waals surface area contributed by atoms with E-state index in [1.165, 1.54) is 0 Å². The van der Waals surface area contributed by atoms with Crippen LogP contribution in [0.15, 0.2) is 24.3 Å². The minimum absolute atomic E-state index is 0.0243. The summed E-state index contributed by atoms with van der Waals surface area (Å²) in [6.45, 7) is 3.61. The lowest BCUT2D eigenvalue weighted by molar-refractivity contribution is -0.126. The molecule has 2 N–H and O–H groups in total. The zero-order chi connectivity index (χ0) is 16.7. The van der Waals surface area contributed by atoms with Gasteiger partial charge in [-0.05, 0) is 12.1 Å². The maximum Gasteiger partial charge on any atom is 0.239 e. The molecule has 0 saturated carbocycles. The number of carbonyl (C=O) groups is 2. The Bertz CT molecular complexity index is 542. The summed E-state index contributed by atoms with van der Waals surface area (Å²) in [5.74, 6) is 0.544. The molecule has 1 aromatic carbocycles. The summed E-state index contributed by atoms with van der Waals surface area (Å²) < 4.78 is 5.40. The van der Waals surface area contributed by atoms with E-state index in [0.717, 1.165) is 37.6 Å². The van der Waals surface area contributed by atoms with Crippen LogP contribution in [0.3, 0.4) is 0 Å². The standard InChI is InChI=1S/C16H24N4O3/c1-17-15(21)11-18-16(22)12-19-7-9-20(10-8-19)13-5-3-4-6-14(13)23-2/h3-6H,7-12H2,1-2H3,(H,17,21)(H,18,22). The zero-order valence-electron chi connectivity index (χ0n) is 13.7. The van der Waals surface area contributed by atoms with Crippen molar-refractivity contribution in [3.8, 4) is 5.75 Å². The van der Waals surface area contributed by atoms with E-state index in [0.29, 0.717) is 6.54 Å². The summed E-state index contributed by atoms with van der Waals surface area (Å²) in [6, 6.07) is 7.95. The van der Waals surface area contributed by atoms with Crippen LogP contribution in [0, 0.1) is 0 Å². The maximum atomic E-state index is 11.8. The first-order valence-corrected chi connectivity index (χ1v) is 7.71. The fraction of sp³-hybridized carbons (Fsp3) is 0.500. The quantitative estimate of drug-likeness (QED) is 0.751. The van der Waals surface area contributed by atoms with E-state index in [-0.39, 0.29) is 18.4 Å². The van der Waals surface area contributed by atoms with Gasteiger partial charge in [0.15, 0.2) is 0 Å². The van der Waals surface area contributed by atoms with Gasteiger partial charge in [0.05, 0.1) is 25.9 Å². The molecule has 0 radical (unpaired) electrons. The van der Waals surface area contributed by atoms with E-state index in [1.54, 1.807) is 14.2 Å². The van der Waals surface area contributed by atoms with Gasteiger partial charge in [-0.3, -0.25) is 14.5 Å². The molecule has 0 bridgehead atoms. The molecule has 126 valence electrons.